The van der Waals surface area contributed by atoms with Crippen LogP contribution < -0.4 is 10.6 Å². The van der Waals surface area contributed by atoms with E-state index in [2.05, 4.69) is 10.6 Å². The molecule has 0 fully saturated rings. The van der Waals surface area contributed by atoms with Crippen molar-refractivity contribution in [3.8, 4) is 0 Å². The molecule has 3 aromatic rings. The summed E-state index contributed by atoms with van der Waals surface area (Å²) in [5.74, 6) is -0.409. The van der Waals surface area contributed by atoms with E-state index in [-0.39, 0.29) is 11.8 Å². The van der Waals surface area contributed by atoms with E-state index < -0.39 is 0 Å². The topological polar surface area (TPSA) is 58.2 Å². The van der Waals surface area contributed by atoms with Gasteiger partial charge in [0.15, 0.2) is 0 Å². The van der Waals surface area contributed by atoms with Gasteiger partial charge in [-0.1, -0.05) is 60.1 Å². The molecule has 0 aromatic heterocycles. The zero-order valence-electron chi connectivity index (χ0n) is 14.8. The lowest BCUT2D eigenvalue weighted by Gasteiger charge is -2.12. The van der Waals surface area contributed by atoms with Crippen molar-refractivity contribution >= 4 is 34.8 Å². The molecular weight excluding hydrogens is 360 g/mol. The smallest absolute Gasteiger partial charge is 0.255 e. The fourth-order valence-electron chi connectivity index (χ4n) is 2.79. The average molecular weight is 379 g/mol. The van der Waals surface area contributed by atoms with Gasteiger partial charge in [-0.15, -0.1) is 0 Å². The van der Waals surface area contributed by atoms with Crippen molar-refractivity contribution in [3.05, 3.63) is 94.5 Å². The molecule has 0 spiro atoms. The number of carbonyl (C=O) groups is 2. The van der Waals surface area contributed by atoms with E-state index in [1.165, 1.54) is 6.92 Å². The third-order valence-electron chi connectivity index (χ3n) is 4.04. The normalized spacial score (nSPS) is 10.3. The molecule has 3 rings (SSSR count). The first-order valence-electron chi connectivity index (χ1n) is 8.53. The third-order valence-corrected chi connectivity index (χ3v) is 4.35. The minimum absolute atomic E-state index is 0.204. The highest BCUT2D eigenvalue weighted by Crippen LogP contribution is 2.26. The van der Waals surface area contributed by atoms with Gasteiger partial charge in [0.05, 0.1) is 10.7 Å². The summed E-state index contributed by atoms with van der Waals surface area (Å²) in [5, 5.41) is 5.87. The van der Waals surface area contributed by atoms with Gasteiger partial charge < -0.3 is 10.6 Å². The summed E-state index contributed by atoms with van der Waals surface area (Å²) in [7, 11) is 0. The zero-order chi connectivity index (χ0) is 19.2. The fourth-order valence-corrected chi connectivity index (χ4v) is 3.02. The van der Waals surface area contributed by atoms with E-state index in [1.807, 2.05) is 48.5 Å². The molecule has 2 amide bonds. The summed E-state index contributed by atoms with van der Waals surface area (Å²) in [6.45, 7) is 1.41. The van der Waals surface area contributed by atoms with Crippen LogP contribution in [0.25, 0.3) is 0 Å². The first kappa shape index (κ1) is 18.7. The van der Waals surface area contributed by atoms with E-state index in [1.54, 1.807) is 24.3 Å². The van der Waals surface area contributed by atoms with E-state index in [9.17, 15) is 9.59 Å². The molecule has 0 radical (unpaired) electrons. The Bertz CT molecular complexity index is 971. The second-order valence-corrected chi connectivity index (χ2v) is 6.56. The van der Waals surface area contributed by atoms with Gasteiger partial charge in [0.25, 0.3) is 5.91 Å². The standard InChI is InChI=1S/C22H19ClN2O2/c1-15(26)24-21-12-11-18(14-20(21)23)25-22(27)19-10-6-5-9-17(19)13-16-7-3-2-4-8-16/h2-12,14H,13H2,1H3,(H,24,26)(H,25,27). The van der Waals surface area contributed by atoms with Gasteiger partial charge in [0.1, 0.15) is 0 Å². The van der Waals surface area contributed by atoms with Gasteiger partial charge in [0, 0.05) is 18.2 Å². The van der Waals surface area contributed by atoms with Crippen LogP contribution in [0.2, 0.25) is 5.02 Å². The van der Waals surface area contributed by atoms with Gasteiger partial charge in [-0.25, -0.2) is 0 Å². The van der Waals surface area contributed by atoms with Crippen molar-refractivity contribution < 1.29 is 9.59 Å². The first-order chi connectivity index (χ1) is 13.0. The highest BCUT2D eigenvalue weighted by Gasteiger charge is 2.12. The van der Waals surface area contributed by atoms with Gasteiger partial charge in [-0.05, 0) is 41.8 Å². The number of hydrogen-bond donors (Lipinski definition) is 2. The van der Waals surface area contributed by atoms with Crippen molar-refractivity contribution in [2.45, 2.75) is 13.3 Å². The second-order valence-electron chi connectivity index (χ2n) is 6.15. The monoisotopic (exact) mass is 378 g/mol. The molecule has 0 unspecified atom stereocenters. The van der Waals surface area contributed by atoms with Crippen LogP contribution >= 0.6 is 11.6 Å². The Labute approximate surface area is 163 Å². The number of halogens is 1. The van der Waals surface area contributed by atoms with E-state index in [4.69, 9.17) is 11.6 Å². The molecule has 0 aliphatic carbocycles. The van der Waals surface area contributed by atoms with Crippen molar-refractivity contribution in [3.63, 3.8) is 0 Å². The molecule has 27 heavy (non-hydrogen) atoms. The molecule has 2 N–H and O–H groups in total. The lowest BCUT2D eigenvalue weighted by molar-refractivity contribution is -0.114. The third kappa shape index (κ3) is 4.96. The molecule has 0 heterocycles. The van der Waals surface area contributed by atoms with Crippen LogP contribution in [-0.2, 0) is 11.2 Å². The summed E-state index contributed by atoms with van der Waals surface area (Å²) >= 11 is 6.18. The Hall–Kier alpha value is -3.11. The molecular formula is C22H19ClN2O2. The molecule has 4 nitrogen and oxygen atoms in total. The SMILES string of the molecule is CC(=O)Nc1ccc(NC(=O)c2ccccc2Cc2ccccc2)cc1Cl. The quantitative estimate of drug-likeness (QED) is 0.645. The molecule has 3 aromatic carbocycles. The van der Waals surface area contributed by atoms with Crippen molar-refractivity contribution in [2.24, 2.45) is 0 Å². The number of hydrogen-bond acceptors (Lipinski definition) is 2. The number of anilines is 2. The number of rotatable bonds is 5. The largest absolute Gasteiger partial charge is 0.325 e. The number of nitrogens with one attached hydrogen (secondary N) is 2. The Morgan fingerprint density at radius 2 is 1.59 bits per heavy atom. The molecule has 5 heteroatoms. The molecule has 0 atom stereocenters. The molecule has 0 bridgehead atoms. The van der Waals surface area contributed by atoms with Crippen LogP contribution in [0.15, 0.2) is 72.8 Å². The Morgan fingerprint density at radius 3 is 2.30 bits per heavy atom. The van der Waals surface area contributed by atoms with Gasteiger partial charge in [-0.2, -0.15) is 0 Å². The average Bonchev–Trinajstić information content (AvgIpc) is 2.65. The van der Waals surface area contributed by atoms with Crippen LogP contribution in [0.4, 0.5) is 11.4 Å². The van der Waals surface area contributed by atoms with Crippen molar-refractivity contribution in [2.75, 3.05) is 10.6 Å². The number of carbonyl (C=O) groups excluding carboxylic acids is 2. The molecule has 0 aliphatic rings. The molecule has 0 saturated heterocycles. The lowest BCUT2D eigenvalue weighted by atomic mass is 9.99. The first-order valence-corrected chi connectivity index (χ1v) is 8.91. The van der Waals surface area contributed by atoms with Crippen LogP contribution in [-0.4, -0.2) is 11.8 Å². The van der Waals surface area contributed by atoms with Crippen LogP contribution in [0.3, 0.4) is 0 Å². The van der Waals surface area contributed by atoms with Crippen LogP contribution in [0.5, 0.6) is 0 Å². The molecule has 136 valence electrons. The van der Waals surface area contributed by atoms with E-state index in [0.29, 0.717) is 28.4 Å². The Kier molecular flexibility index (Phi) is 5.89. The number of benzene rings is 3. The van der Waals surface area contributed by atoms with Crippen molar-refractivity contribution in [1.82, 2.24) is 0 Å². The lowest BCUT2D eigenvalue weighted by Crippen LogP contribution is -2.14. The highest BCUT2D eigenvalue weighted by atomic mass is 35.5. The number of amides is 2. The maximum Gasteiger partial charge on any atom is 0.255 e. The van der Waals surface area contributed by atoms with E-state index >= 15 is 0 Å². The van der Waals surface area contributed by atoms with Gasteiger partial charge in [0.2, 0.25) is 5.91 Å². The summed E-state index contributed by atoms with van der Waals surface area (Å²) < 4.78 is 0. The fraction of sp³-hybridized carbons (Fsp3) is 0.0909. The van der Waals surface area contributed by atoms with Crippen molar-refractivity contribution in [1.29, 1.82) is 0 Å². The summed E-state index contributed by atoms with van der Waals surface area (Å²) in [4.78, 5) is 23.9. The predicted octanol–water partition coefficient (Wildman–Crippen LogP) is 5.14. The summed E-state index contributed by atoms with van der Waals surface area (Å²) in [6, 6.07) is 22.5. The van der Waals surface area contributed by atoms with Gasteiger partial charge in [-0.3, -0.25) is 9.59 Å². The van der Waals surface area contributed by atoms with Crippen LogP contribution in [0, 0.1) is 0 Å². The predicted molar refractivity (Wildman–Crippen MR) is 109 cm³/mol. The zero-order valence-corrected chi connectivity index (χ0v) is 15.6. The van der Waals surface area contributed by atoms with E-state index in [0.717, 1.165) is 11.1 Å². The summed E-state index contributed by atoms with van der Waals surface area (Å²) in [6.07, 6.45) is 0.673. The molecule has 0 saturated carbocycles. The molecule has 0 aliphatic heterocycles. The van der Waals surface area contributed by atoms with Gasteiger partial charge >= 0.3 is 0 Å². The minimum atomic E-state index is -0.205. The highest BCUT2D eigenvalue weighted by molar-refractivity contribution is 6.34. The maximum absolute atomic E-state index is 12.8. The van der Waals surface area contributed by atoms with Crippen LogP contribution in [0.1, 0.15) is 28.4 Å². The summed E-state index contributed by atoms with van der Waals surface area (Å²) in [5.41, 5.74) is 3.77. The Morgan fingerprint density at radius 1 is 0.889 bits per heavy atom. The minimum Gasteiger partial charge on any atom is -0.325 e. The second kappa shape index (κ2) is 8.52. The Balaban J connectivity index is 1.79. The maximum atomic E-state index is 12.8.